The fourth-order valence-corrected chi connectivity index (χ4v) is 3.88. The summed E-state index contributed by atoms with van der Waals surface area (Å²) in [5.74, 6) is 0. The van der Waals surface area contributed by atoms with Gasteiger partial charge in [-0.1, -0.05) is 99.7 Å². The van der Waals surface area contributed by atoms with Crippen molar-refractivity contribution in [2.75, 3.05) is 0 Å². The lowest BCUT2D eigenvalue weighted by molar-refractivity contribution is 0.279. The van der Waals surface area contributed by atoms with Gasteiger partial charge in [0.25, 0.3) is 0 Å². The summed E-state index contributed by atoms with van der Waals surface area (Å²) in [5, 5.41) is 8.59. The Kier molecular flexibility index (Phi) is 8.98. The average molecular weight is 348 g/mol. The Morgan fingerprint density at radius 3 is 1.65 bits per heavy atom. The Hall–Kier alpha value is -2.07. The molecule has 0 radical (unpaired) electrons. The molecule has 1 nitrogen and oxygen atoms in total. The third-order valence-electron chi connectivity index (χ3n) is 5.27. The third kappa shape index (κ3) is 7.87. The van der Waals surface area contributed by atoms with Gasteiger partial charge < -0.3 is 0 Å². The molecular weight excluding hydrogens is 314 g/mol. The van der Waals surface area contributed by atoms with Gasteiger partial charge in [0.1, 0.15) is 0 Å². The quantitative estimate of drug-likeness (QED) is 0.375. The van der Waals surface area contributed by atoms with Crippen LogP contribution in [-0.2, 0) is 12.8 Å². The zero-order valence-corrected chi connectivity index (χ0v) is 16.3. The number of rotatable bonds is 12. The standard InChI is InChI=1S/C25H33N/c1-25(21-23-15-9-7-10-16-23,22-24-17-11-8-12-18-24)19-13-5-3-2-4-6-14-20-26/h7-12,15-18H,2-6,13-14,19,21-22H2,1H3. The monoisotopic (exact) mass is 347 g/mol. The van der Waals surface area contributed by atoms with Crippen LogP contribution in [0.15, 0.2) is 60.7 Å². The fourth-order valence-electron chi connectivity index (χ4n) is 3.88. The summed E-state index contributed by atoms with van der Waals surface area (Å²) in [6.45, 7) is 2.46. The van der Waals surface area contributed by atoms with Crippen molar-refractivity contribution in [2.24, 2.45) is 5.41 Å². The maximum absolute atomic E-state index is 8.59. The van der Waals surface area contributed by atoms with Crippen LogP contribution >= 0.6 is 0 Å². The maximum Gasteiger partial charge on any atom is 0.0621 e. The van der Waals surface area contributed by atoms with E-state index in [4.69, 9.17) is 5.26 Å². The summed E-state index contributed by atoms with van der Waals surface area (Å²) in [6.07, 6.45) is 11.7. The fraction of sp³-hybridized carbons (Fsp3) is 0.480. The smallest absolute Gasteiger partial charge is 0.0621 e. The van der Waals surface area contributed by atoms with E-state index < -0.39 is 0 Å². The summed E-state index contributed by atoms with van der Waals surface area (Å²) < 4.78 is 0. The van der Waals surface area contributed by atoms with Crippen LogP contribution in [0.5, 0.6) is 0 Å². The molecule has 1 heteroatoms. The molecule has 0 aliphatic heterocycles. The highest BCUT2D eigenvalue weighted by molar-refractivity contribution is 5.20. The highest BCUT2D eigenvalue weighted by Gasteiger charge is 2.24. The molecule has 0 saturated carbocycles. The lowest BCUT2D eigenvalue weighted by atomic mass is 9.74. The van der Waals surface area contributed by atoms with Crippen LogP contribution in [-0.4, -0.2) is 0 Å². The number of hydrogen-bond donors (Lipinski definition) is 0. The van der Waals surface area contributed by atoms with Crippen molar-refractivity contribution in [2.45, 2.75) is 71.1 Å². The lowest BCUT2D eigenvalue weighted by Crippen LogP contribution is -2.23. The van der Waals surface area contributed by atoms with Crippen molar-refractivity contribution in [3.05, 3.63) is 71.8 Å². The van der Waals surface area contributed by atoms with Gasteiger partial charge in [0, 0.05) is 6.42 Å². The first-order chi connectivity index (χ1) is 12.7. The van der Waals surface area contributed by atoms with Crippen molar-refractivity contribution in [1.29, 1.82) is 5.26 Å². The summed E-state index contributed by atoms with van der Waals surface area (Å²) in [4.78, 5) is 0. The molecule has 0 bridgehead atoms. The molecule has 0 amide bonds. The van der Waals surface area contributed by atoms with Crippen molar-refractivity contribution >= 4 is 0 Å². The zero-order chi connectivity index (χ0) is 18.5. The molecule has 0 N–H and O–H groups in total. The van der Waals surface area contributed by atoms with Crippen LogP contribution in [0.4, 0.5) is 0 Å². The Bertz CT molecular complexity index is 597. The third-order valence-corrected chi connectivity index (χ3v) is 5.27. The van der Waals surface area contributed by atoms with E-state index in [9.17, 15) is 0 Å². The van der Waals surface area contributed by atoms with Crippen LogP contribution in [0.2, 0.25) is 0 Å². The predicted molar refractivity (Wildman–Crippen MR) is 111 cm³/mol. The minimum absolute atomic E-state index is 0.309. The van der Waals surface area contributed by atoms with Crippen LogP contribution in [0.3, 0.4) is 0 Å². The van der Waals surface area contributed by atoms with Gasteiger partial charge in [0.15, 0.2) is 0 Å². The highest BCUT2D eigenvalue weighted by atomic mass is 14.3. The molecular formula is C25H33N. The van der Waals surface area contributed by atoms with Crippen molar-refractivity contribution in [3.63, 3.8) is 0 Å². The second-order valence-electron chi connectivity index (χ2n) is 7.91. The van der Waals surface area contributed by atoms with E-state index in [1.165, 1.54) is 49.7 Å². The van der Waals surface area contributed by atoms with Gasteiger partial charge >= 0.3 is 0 Å². The molecule has 2 rings (SSSR count). The van der Waals surface area contributed by atoms with Crippen molar-refractivity contribution < 1.29 is 0 Å². The summed E-state index contributed by atoms with van der Waals surface area (Å²) in [6, 6.07) is 24.1. The second kappa shape index (κ2) is 11.5. The SMILES string of the molecule is CC(CCCCCCCCC#N)(Cc1ccccc1)Cc1ccccc1. The Morgan fingerprint density at radius 1 is 0.692 bits per heavy atom. The Labute approximate surface area is 160 Å². The molecule has 0 fully saturated rings. The second-order valence-corrected chi connectivity index (χ2v) is 7.91. The Balaban J connectivity index is 1.85. The molecule has 0 saturated heterocycles. The van der Waals surface area contributed by atoms with Crippen molar-refractivity contribution in [3.8, 4) is 6.07 Å². The molecule has 0 unspecified atom stereocenters. The lowest BCUT2D eigenvalue weighted by Gasteiger charge is -2.30. The van der Waals surface area contributed by atoms with Gasteiger partial charge in [0.2, 0.25) is 0 Å². The van der Waals surface area contributed by atoms with Crippen LogP contribution in [0, 0.1) is 16.7 Å². The van der Waals surface area contributed by atoms with E-state index in [-0.39, 0.29) is 0 Å². The van der Waals surface area contributed by atoms with Gasteiger partial charge in [-0.15, -0.1) is 0 Å². The minimum Gasteiger partial charge on any atom is -0.198 e. The highest BCUT2D eigenvalue weighted by Crippen LogP contribution is 2.33. The van der Waals surface area contributed by atoms with Gasteiger partial charge in [-0.2, -0.15) is 5.26 Å². The summed E-state index contributed by atoms with van der Waals surface area (Å²) >= 11 is 0. The number of benzene rings is 2. The van der Waals surface area contributed by atoms with Gasteiger partial charge in [-0.05, 0) is 42.2 Å². The molecule has 0 aromatic heterocycles. The van der Waals surface area contributed by atoms with Crippen LogP contribution in [0.25, 0.3) is 0 Å². The molecule has 0 spiro atoms. The van der Waals surface area contributed by atoms with Crippen molar-refractivity contribution in [1.82, 2.24) is 0 Å². The van der Waals surface area contributed by atoms with E-state index >= 15 is 0 Å². The van der Waals surface area contributed by atoms with Gasteiger partial charge in [-0.3, -0.25) is 0 Å². The number of nitriles is 1. The summed E-state index contributed by atoms with van der Waals surface area (Å²) in [7, 11) is 0. The zero-order valence-electron chi connectivity index (χ0n) is 16.3. The van der Waals surface area contributed by atoms with E-state index in [1.807, 2.05) is 0 Å². The number of unbranched alkanes of at least 4 members (excludes halogenated alkanes) is 6. The molecule has 2 aromatic rings. The van der Waals surface area contributed by atoms with Gasteiger partial charge in [-0.25, -0.2) is 0 Å². The number of nitrogens with zero attached hydrogens (tertiary/aromatic N) is 1. The van der Waals surface area contributed by atoms with E-state index in [0.717, 1.165) is 19.3 Å². The first kappa shape index (κ1) is 20.2. The first-order valence-electron chi connectivity index (χ1n) is 10.2. The Morgan fingerprint density at radius 2 is 1.15 bits per heavy atom. The number of hydrogen-bond acceptors (Lipinski definition) is 1. The topological polar surface area (TPSA) is 23.8 Å². The molecule has 138 valence electrons. The van der Waals surface area contributed by atoms with E-state index in [2.05, 4.69) is 73.7 Å². The molecule has 0 atom stereocenters. The van der Waals surface area contributed by atoms with Crippen LogP contribution in [0.1, 0.15) is 69.4 Å². The first-order valence-corrected chi connectivity index (χ1v) is 10.2. The summed E-state index contributed by atoms with van der Waals surface area (Å²) in [5.41, 5.74) is 3.20. The average Bonchev–Trinajstić information content (AvgIpc) is 2.65. The molecule has 26 heavy (non-hydrogen) atoms. The predicted octanol–water partition coefficient (Wildman–Crippen LogP) is 7.12. The van der Waals surface area contributed by atoms with E-state index in [1.54, 1.807) is 0 Å². The normalized spacial score (nSPS) is 11.2. The van der Waals surface area contributed by atoms with Crippen LogP contribution < -0.4 is 0 Å². The molecule has 2 aromatic carbocycles. The molecule has 0 aliphatic rings. The maximum atomic E-state index is 8.59. The van der Waals surface area contributed by atoms with E-state index in [0.29, 0.717) is 11.8 Å². The largest absolute Gasteiger partial charge is 0.198 e. The minimum atomic E-state index is 0.309. The molecule has 0 heterocycles. The van der Waals surface area contributed by atoms with Gasteiger partial charge in [0.05, 0.1) is 6.07 Å². The molecule has 0 aliphatic carbocycles.